The van der Waals surface area contributed by atoms with Crippen LogP contribution < -0.4 is 5.32 Å². The fourth-order valence-corrected chi connectivity index (χ4v) is 2.88. The van der Waals surface area contributed by atoms with E-state index in [0.717, 1.165) is 23.5 Å². The predicted molar refractivity (Wildman–Crippen MR) is 72.0 cm³/mol. The monoisotopic (exact) mass is 302 g/mol. The van der Waals surface area contributed by atoms with Crippen LogP contribution in [-0.2, 0) is 0 Å². The first kappa shape index (κ1) is 12.1. The first-order valence-electron chi connectivity index (χ1n) is 5.36. The van der Waals surface area contributed by atoms with E-state index in [1.54, 1.807) is 6.33 Å². The van der Waals surface area contributed by atoms with Gasteiger partial charge < -0.3 is 5.32 Å². The summed E-state index contributed by atoms with van der Waals surface area (Å²) in [4.78, 5) is 10.6. The fourth-order valence-electron chi connectivity index (χ4n) is 1.60. The van der Waals surface area contributed by atoms with E-state index in [0.29, 0.717) is 0 Å². The van der Waals surface area contributed by atoms with Crippen molar-refractivity contribution in [1.29, 1.82) is 0 Å². The molecule has 1 aromatic rings. The molecule has 0 atom stereocenters. The average Bonchev–Trinajstić information content (AvgIpc) is 2.30. The summed E-state index contributed by atoms with van der Waals surface area (Å²) in [6.45, 7) is 4.44. The number of hydrogen-bond donors (Lipinski definition) is 1. The van der Waals surface area contributed by atoms with Crippen LogP contribution in [0, 0.1) is 0 Å². The van der Waals surface area contributed by atoms with Gasteiger partial charge in [-0.3, -0.25) is 4.90 Å². The Morgan fingerprint density at radius 3 is 2.94 bits per heavy atom. The Hall–Kier alpha value is -0.330. The lowest BCUT2D eigenvalue weighted by Crippen LogP contribution is -2.36. The summed E-state index contributed by atoms with van der Waals surface area (Å²) in [5, 5.41) is 3.30. The zero-order valence-electron chi connectivity index (χ0n) is 9.03. The van der Waals surface area contributed by atoms with Crippen molar-refractivity contribution in [2.45, 2.75) is 0 Å². The Bertz CT molecular complexity index is 330. The molecular weight excluding hydrogens is 288 g/mol. The van der Waals surface area contributed by atoms with E-state index in [1.807, 2.05) is 17.8 Å². The van der Waals surface area contributed by atoms with Crippen LogP contribution in [0.5, 0.6) is 0 Å². The molecule has 0 unspecified atom stereocenters. The summed E-state index contributed by atoms with van der Waals surface area (Å²) in [7, 11) is 0. The van der Waals surface area contributed by atoms with E-state index in [2.05, 4.69) is 36.1 Å². The van der Waals surface area contributed by atoms with E-state index in [4.69, 9.17) is 0 Å². The number of nitrogens with one attached hydrogen (secondary N) is 1. The predicted octanol–water partition coefficient (Wildman–Crippen LogP) is 1.70. The van der Waals surface area contributed by atoms with E-state index in [9.17, 15) is 0 Å². The van der Waals surface area contributed by atoms with Gasteiger partial charge in [0.15, 0.2) is 0 Å². The third-order valence-corrected chi connectivity index (χ3v) is 3.85. The van der Waals surface area contributed by atoms with E-state index < -0.39 is 0 Å². The SMILES string of the molecule is Brc1cc(NCCN2CCSCC2)ncn1. The van der Waals surface area contributed by atoms with Crippen molar-refractivity contribution in [3.63, 3.8) is 0 Å². The molecule has 6 heteroatoms. The van der Waals surface area contributed by atoms with Gasteiger partial charge >= 0.3 is 0 Å². The van der Waals surface area contributed by atoms with Crippen LogP contribution in [0.15, 0.2) is 17.0 Å². The molecule has 0 saturated carbocycles. The van der Waals surface area contributed by atoms with Gasteiger partial charge in [-0.05, 0) is 15.9 Å². The normalized spacial score (nSPS) is 17.3. The number of aromatic nitrogens is 2. The summed E-state index contributed by atoms with van der Waals surface area (Å²) < 4.78 is 0.819. The zero-order valence-corrected chi connectivity index (χ0v) is 11.4. The number of anilines is 1. The summed E-state index contributed by atoms with van der Waals surface area (Å²) in [6.07, 6.45) is 1.56. The van der Waals surface area contributed by atoms with Gasteiger partial charge in [-0.2, -0.15) is 11.8 Å². The topological polar surface area (TPSA) is 41.0 Å². The molecule has 1 N–H and O–H groups in total. The molecule has 0 aromatic carbocycles. The molecule has 1 fully saturated rings. The smallest absolute Gasteiger partial charge is 0.130 e. The van der Waals surface area contributed by atoms with E-state index in [-0.39, 0.29) is 0 Å². The highest BCUT2D eigenvalue weighted by Crippen LogP contribution is 2.10. The van der Waals surface area contributed by atoms with Crippen LogP contribution in [0.1, 0.15) is 0 Å². The van der Waals surface area contributed by atoms with Gasteiger partial charge in [-0.15, -0.1) is 0 Å². The maximum absolute atomic E-state index is 4.15. The molecule has 0 amide bonds. The zero-order chi connectivity index (χ0) is 11.2. The molecule has 0 aliphatic carbocycles. The molecule has 1 aliphatic heterocycles. The molecule has 0 bridgehead atoms. The number of nitrogens with zero attached hydrogens (tertiary/aromatic N) is 3. The van der Waals surface area contributed by atoms with E-state index >= 15 is 0 Å². The highest BCUT2D eigenvalue weighted by molar-refractivity contribution is 9.10. The Labute approximate surface area is 108 Å². The summed E-state index contributed by atoms with van der Waals surface area (Å²) >= 11 is 5.37. The van der Waals surface area contributed by atoms with E-state index in [1.165, 1.54) is 24.6 Å². The van der Waals surface area contributed by atoms with Crippen molar-refractivity contribution in [3.8, 4) is 0 Å². The lowest BCUT2D eigenvalue weighted by Gasteiger charge is -2.26. The first-order valence-corrected chi connectivity index (χ1v) is 7.31. The molecule has 88 valence electrons. The summed E-state index contributed by atoms with van der Waals surface area (Å²) in [5.41, 5.74) is 0. The Kier molecular flexibility index (Phi) is 4.87. The molecule has 1 saturated heterocycles. The van der Waals surface area contributed by atoms with Gasteiger partial charge in [-0.1, -0.05) is 0 Å². The van der Waals surface area contributed by atoms with Gasteiger partial charge in [0, 0.05) is 43.8 Å². The quantitative estimate of drug-likeness (QED) is 0.858. The lowest BCUT2D eigenvalue weighted by atomic mass is 10.4. The molecular formula is C10H15BrN4S. The van der Waals surface area contributed by atoms with Crippen LogP contribution in [-0.4, -0.2) is 52.6 Å². The second-order valence-corrected chi connectivity index (χ2v) is 5.64. The minimum absolute atomic E-state index is 0.819. The van der Waals surface area contributed by atoms with Crippen molar-refractivity contribution in [2.75, 3.05) is 43.0 Å². The Morgan fingerprint density at radius 1 is 1.38 bits per heavy atom. The van der Waals surface area contributed by atoms with Gasteiger partial charge in [0.05, 0.1) is 0 Å². The average molecular weight is 303 g/mol. The van der Waals surface area contributed by atoms with Crippen molar-refractivity contribution >= 4 is 33.5 Å². The highest BCUT2D eigenvalue weighted by Gasteiger charge is 2.09. The van der Waals surface area contributed by atoms with Crippen LogP contribution in [0.3, 0.4) is 0 Å². The van der Waals surface area contributed by atoms with Crippen molar-refractivity contribution < 1.29 is 0 Å². The van der Waals surface area contributed by atoms with Crippen LogP contribution in [0.2, 0.25) is 0 Å². The van der Waals surface area contributed by atoms with Crippen LogP contribution in [0.25, 0.3) is 0 Å². The van der Waals surface area contributed by atoms with Crippen molar-refractivity contribution in [3.05, 3.63) is 17.0 Å². The van der Waals surface area contributed by atoms with Gasteiger partial charge in [0.2, 0.25) is 0 Å². The third-order valence-electron chi connectivity index (χ3n) is 2.47. The minimum atomic E-state index is 0.819. The molecule has 2 rings (SSSR count). The second-order valence-electron chi connectivity index (χ2n) is 3.61. The molecule has 1 aliphatic rings. The molecule has 4 nitrogen and oxygen atoms in total. The number of thioether (sulfide) groups is 1. The standard InChI is InChI=1S/C10H15BrN4S/c11-9-7-10(14-8-13-9)12-1-2-15-3-5-16-6-4-15/h7-8H,1-6H2,(H,12,13,14). The van der Waals surface area contributed by atoms with Gasteiger partial charge in [-0.25, -0.2) is 9.97 Å². The molecule has 1 aromatic heterocycles. The number of hydrogen-bond acceptors (Lipinski definition) is 5. The lowest BCUT2D eigenvalue weighted by molar-refractivity contribution is 0.314. The molecule has 0 spiro atoms. The first-order chi connectivity index (χ1) is 7.84. The van der Waals surface area contributed by atoms with Crippen LogP contribution >= 0.6 is 27.7 Å². The van der Waals surface area contributed by atoms with Crippen molar-refractivity contribution in [2.24, 2.45) is 0 Å². The highest BCUT2D eigenvalue weighted by atomic mass is 79.9. The number of halogens is 1. The van der Waals surface area contributed by atoms with Gasteiger partial charge in [0.1, 0.15) is 16.7 Å². The minimum Gasteiger partial charge on any atom is -0.369 e. The fraction of sp³-hybridized carbons (Fsp3) is 0.600. The molecule has 2 heterocycles. The Balaban J connectivity index is 1.71. The maximum atomic E-state index is 4.15. The van der Waals surface area contributed by atoms with Crippen molar-refractivity contribution in [1.82, 2.24) is 14.9 Å². The summed E-state index contributed by atoms with van der Waals surface area (Å²) in [6, 6.07) is 1.89. The van der Waals surface area contributed by atoms with Gasteiger partial charge in [0.25, 0.3) is 0 Å². The Morgan fingerprint density at radius 2 is 2.19 bits per heavy atom. The largest absolute Gasteiger partial charge is 0.369 e. The second kappa shape index (κ2) is 6.42. The summed E-state index contributed by atoms with van der Waals surface area (Å²) in [5.74, 6) is 3.41. The molecule has 16 heavy (non-hydrogen) atoms. The maximum Gasteiger partial charge on any atom is 0.130 e. The molecule has 0 radical (unpaired) electrons. The number of rotatable bonds is 4. The third kappa shape index (κ3) is 3.92. The van der Waals surface area contributed by atoms with Crippen LogP contribution in [0.4, 0.5) is 5.82 Å².